The Morgan fingerprint density at radius 1 is 1.58 bits per heavy atom. The molecular formula is C6H7F3N2O. The monoisotopic (exact) mass is 180 g/mol. The average Bonchev–Trinajstić information content (AvgIpc) is 2.31. The summed E-state index contributed by atoms with van der Waals surface area (Å²) in [7, 11) is 0. The molecule has 0 aromatic carbocycles. The zero-order valence-electron chi connectivity index (χ0n) is 6.30. The van der Waals surface area contributed by atoms with Gasteiger partial charge in [0.05, 0.1) is 6.20 Å². The number of hydrogen-bond donors (Lipinski definition) is 0. The molecule has 0 amide bonds. The van der Waals surface area contributed by atoms with E-state index in [-0.39, 0.29) is 5.88 Å². The number of rotatable bonds is 2. The van der Waals surface area contributed by atoms with Crippen LogP contribution in [0.4, 0.5) is 13.2 Å². The van der Waals surface area contributed by atoms with Crippen molar-refractivity contribution in [3.63, 3.8) is 0 Å². The van der Waals surface area contributed by atoms with Gasteiger partial charge in [-0.15, -0.1) is 13.2 Å². The first-order valence-electron chi connectivity index (χ1n) is 3.30. The predicted molar refractivity (Wildman–Crippen MR) is 34.6 cm³/mol. The highest BCUT2D eigenvalue weighted by Gasteiger charge is 2.32. The van der Waals surface area contributed by atoms with Gasteiger partial charge in [0.2, 0.25) is 5.88 Å². The van der Waals surface area contributed by atoms with E-state index < -0.39 is 6.36 Å². The highest BCUT2D eigenvalue weighted by Crippen LogP contribution is 2.21. The van der Waals surface area contributed by atoms with E-state index in [9.17, 15) is 13.2 Å². The lowest BCUT2D eigenvalue weighted by molar-refractivity contribution is -0.277. The Kier molecular flexibility index (Phi) is 2.25. The molecule has 1 heterocycles. The van der Waals surface area contributed by atoms with Gasteiger partial charge in [0.25, 0.3) is 0 Å². The van der Waals surface area contributed by atoms with Crippen molar-refractivity contribution in [3.8, 4) is 5.88 Å². The van der Waals surface area contributed by atoms with Gasteiger partial charge < -0.3 is 4.74 Å². The molecule has 12 heavy (non-hydrogen) atoms. The number of ether oxygens (including phenoxy) is 1. The normalized spacial score (nSPS) is 11.7. The van der Waals surface area contributed by atoms with Crippen molar-refractivity contribution in [1.29, 1.82) is 0 Å². The maximum absolute atomic E-state index is 11.7. The van der Waals surface area contributed by atoms with Crippen LogP contribution in [0.5, 0.6) is 5.88 Å². The molecule has 0 aliphatic heterocycles. The Bertz CT molecular complexity index is 256. The molecule has 0 aliphatic carbocycles. The summed E-state index contributed by atoms with van der Waals surface area (Å²) in [5.74, 6) is -0.287. The second kappa shape index (κ2) is 3.04. The van der Waals surface area contributed by atoms with E-state index in [2.05, 4.69) is 9.84 Å². The number of nitrogens with zero attached hydrogens (tertiary/aromatic N) is 2. The minimum atomic E-state index is -4.65. The van der Waals surface area contributed by atoms with Crippen LogP contribution in [0.25, 0.3) is 0 Å². The van der Waals surface area contributed by atoms with E-state index >= 15 is 0 Å². The zero-order valence-corrected chi connectivity index (χ0v) is 6.30. The topological polar surface area (TPSA) is 27.1 Å². The molecule has 1 aromatic heterocycles. The van der Waals surface area contributed by atoms with Crippen molar-refractivity contribution in [3.05, 3.63) is 12.3 Å². The third-order valence-corrected chi connectivity index (χ3v) is 1.20. The van der Waals surface area contributed by atoms with Crippen molar-refractivity contribution in [2.45, 2.75) is 19.8 Å². The molecule has 6 heteroatoms. The van der Waals surface area contributed by atoms with E-state index in [1.165, 1.54) is 6.20 Å². The van der Waals surface area contributed by atoms with E-state index in [0.29, 0.717) is 6.54 Å². The molecule has 0 radical (unpaired) electrons. The van der Waals surface area contributed by atoms with E-state index in [1.54, 1.807) is 6.92 Å². The average molecular weight is 180 g/mol. The Labute approximate surface area is 66.7 Å². The van der Waals surface area contributed by atoms with Crippen molar-refractivity contribution in [2.24, 2.45) is 0 Å². The minimum Gasteiger partial charge on any atom is -0.388 e. The van der Waals surface area contributed by atoms with Gasteiger partial charge in [-0.1, -0.05) is 0 Å². The number of alkyl halides is 3. The quantitative estimate of drug-likeness (QED) is 0.693. The molecule has 3 nitrogen and oxygen atoms in total. The summed E-state index contributed by atoms with van der Waals surface area (Å²) in [5, 5.41) is 3.61. The summed E-state index contributed by atoms with van der Waals surface area (Å²) in [6, 6.07) is 1.16. The van der Waals surface area contributed by atoms with Gasteiger partial charge in [0.1, 0.15) is 0 Å². The summed E-state index contributed by atoms with van der Waals surface area (Å²) in [6.07, 6.45) is -3.39. The zero-order chi connectivity index (χ0) is 9.19. The Hall–Kier alpha value is -1.20. The third kappa shape index (κ3) is 2.14. The van der Waals surface area contributed by atoms with E-state index in [0.717, 1.165) is 10.7 Å². The molecule has 0 unspecified atom stereocenters. The lowest BCUT2D eigenvalue weighted by Crippen LogP contribution is -2.19. The first-order chi connectivity index (χ1) is 5.53. The summed E-state index contributed by atoms with van der Waals surface area (Å²) in [6.45, 7) is 2.02. The smallest absolute Gasteiger partial charge is 0.388 e. The van der Waals surface area contributed by atoms with Gasteiger partial charge in [0.15, 0.2) is 0 Å². The Morgan fingerprint density at radius 2 is 2.25 bits per heavy atom. The standard InChI is InChI=1S/C6H7F3N2O/c1-2-11-5(3-4-10-11)12-6(7,8)9/h3-4H,2H2,1H3. The molecule has 0 spiro atoms. The minimum absolute atomic E-state index is 0.287. The molecule has 1 rings (SSSR count). The molecule has 0 saturated carbocycles. The molecule has 68 valence electrons. The summed E-state index contributed by atoms with van der Waals surface area (Å²) >= 11 is 0. The summed E-state index contributed by atoms with van der Waals surface area (Å²) < 4.78 is 39.8. The van der Waals surface area contributed by atoms with Crippen LogP contribution in [-0.4, -0.2) is 16.1 Å². The van der Waals surface area contributed by atoms with Crippen LogP contribution in [0.3, 0.4) is 0 Å². The van der Waals surface area contributed by atoms with Crippen LogP contribution < -0.4 is 4.74 Å². The molecule has 0 atom stereocenters. The number of halogens is 3. The second-order valence-electron chi connectivity index (χ2n) is 2.03. The summed E-state index contributed by atoms with van der Waals surface area (Å²) in [4.78, 5) is 0. The van der Waals surface area contributed by atoms with Crippen LogP contribution in [-0.2, 0) is 6.54 Å². The van der Waals surface area contributed by atoms with Crippen LogP contribution in [0.2, 0.25) is 0 Å². The van der Waals surface area contributed by atoms with Gasteiger partial charge >= 0.3 is 6.36 Å². The fraction of sp³-hybridized carbons (Fsp3) is 0.500. The lowest BCUT2D eigenvalue weighted by Gasteiger charge is -2.08. The van der Waals surface area contributed by atoms with Crippen LogP contribution in [0, 0.1) is 0 Å². The number of hydrogen-bond acceptors (Lipinski definition) is 2. The molecule has 0 N–H and O–H groups in total. The second-order valence-corrected chi connectivity index (χ2v) is 2.03. The summed E-state index contributed by atoms with van der Waals surface area (Å²) in [5.41, 5.74) is 0. The molecule has 0 fully saturated rings. The van der Waals surface area contributed by atoms with Gasteiger partial charge in [0, 0.05) is 12.6 Å². The molecule has 0 bridgehead atoms. The molecule has 1 aromatic rings. The Balaban J connectivity index is 2.75. The van der Waals surface area contributed by atoms with Gasteiger partial charge in [-0.3, -0.25) is 0 Å². The number of aromatic nitrogens is 2. The maximum atomic E-state index is 11.7. The van der Waals surface area contributed by atoms with Crippen LogP contribution >= 0.6 is 0 Å². The van der Waals surface area contributed by atoms with Crippen LogP contribution in [0.1, 0.15) is 6.92 Å². The van der Waals surface area contributed by atoms with Crippen molar-refractivity contribution < 1.29 is 17.9 Å². The van der Waals surface area contributed by atoms with Gasteiger partial charge in [-0.2, -0.15) is 5.10 Å². The highest BCUT2D eigenvalue weighted by molar-refractivity contribution is 5.07. The highest BCUT2D eigenvalue weighted by atomic mass is 19.4. The van der Waals surface area contributed by atoms with Gasteiger partial charge in [-0.05, 0) is 6.92 Å². The fourth-order valence-corrected chi connectivity index (χ4v) is 0.763. The van der Waals surface area contributed by atoms with Crippen LogP contribution in [0.15, 0.2) is 12.3 Å². The SMILES string of the molecule is CCn1nccc1OC(F)(F)F. The first kappa shape index (κ1) is 8.89. The molecule has 0 aliphatic rings. The first-order valence-corrected chi connectivity index (χ1v) is 3.30. The molecule has 0 saturated heterocycles. The number of aryl methyl sites for hydroxylation is 1. The largest absolute Gasteiger partial charge is 0.574 e. The van der Waals surface area contributed by atoms with Crippen molar-refractivity contribution in [1.82, 2.24) is 9.78 Å². The van der Waals surface area contributed by atoms with E-state index in [1.807, 2.05) is 0 Å². The van der Waals surface area contributed by atoms with Crippen molar-refractivity contribution in [2.75, 3.05) is 0 Å². The third-order valence-electron chi connectivity index (χ3n) is 1.20. The van der Waals surface area contributed by atoms with Crippen molar-refractivity contribution >= 4 is 0 Å². The fourth-order valence-electron chi connectivity index (χ4n) is 0.763. The Morgan fingerprint density at radius 3 is 2.75 bits per heavy atom. The maximum Gasteiger partial charge on any atom is 0.574 e. The van der Waals surface area contributed by atoms with E-state index in [4.69, 9.17) is 0 Å². The molecular weight excluding hydrogens is 173 g/mol. The lowest BCUT2D eigenvalue weighted by atomic mass is 10.6. The predicted octanol–water partition coefficient (Wildman–Crippen LogP) is 1.80. The van der Waals surface area contributed by atoms with Gasteiger partial charge in [-0.25, -0.2) is 4.68 Å².